The van der Waals surface area contributed by atoms with Gasteiger partial charge in [0.25, 0.3) is 0 Å². The number of aryl methyl sites for hydroxylation is 2. The first-order valence-electron chi connectivity index (χ1n) is 7.24. The summed E-state index contributed by atoms with van der Waals surface area (Å²) in [6.45, 7) is 10.3. The molecule has 0 heterocycles. The highest BCUT2D eigenvalue weighted by Gasteiger charge is 2.12. The van der Waals surface area contributed by atoms with Gasteiger partial charge in [-0.2, -0.15) is 0 Å². The van der Waals surface area contributed by atoms with Crippen LogP contribution in [0.4, 0.5) is 0 Å². The topological polar surface area (TPSA) is 21.3 Å². The molecular weight excluding hydrogens is 234 g/mol. The fourth-order valence-corrected chi connectivity index (χ4v) is 2.57. The number of ether oxygens (including phenoxy) is 1. The number of benzene rings is 1. The van der Waals surface area contributed by atoms with Gasteiger partial charge < -0.3 is 10.1 Å². The molecule has 104 valence electrons. The first-order chi connectivity index (χ1) is 9.16. The summed E-state index contributed by atoms with van der Waals surface area (Å²) in [6, 6.07) is 7.32. The van der Waals surface area contributed by atoms with Crippen LogP contribution < -0.4 is 5.32 Å². The molecule has 0 saturated carbocycles. The molecule has 2 heteroatoms. The van der Waals surface area contributed by atoms with Crippen LogP contribution in [0, 0.1) is 0 Å². The molecule has 2 rings (SSSR count). The lowest BCUT2D eigenvalue weighted by Crippen LogP contribution is -2.23. The second-order valence-corrected chi connectivity index (χ2v) is 5.57. The molecule has 0 radical (unpaired) electrons. The fourth-order valence-electron chi connectivity index (χ4n) is 2.57. The van der Waals surface area contributed by atoms with E-state index < -0.39 is 0 Å². The summed E-state index contributed by atoms with van der Waals surface area (Å²) in [5.74, 6) is 0. The van der Waals surface area contributed by atoms with Crippen LogP contribution in [0.5, 0.6) is 0 Å². The number of hydrogen-bond donors (Lipinski definition) is 1. The molecule has 0 fully saturated rings. The van der Waals surface area contributed by atoms with Gasteiger partial charge in [0, 0.05) is 12.6 Å². The Morgan fingerprint density at radius 3 is 2.95 bits per heavy atom. The Labute approximate surface area is 116 Å². The van der Waals surface area contributed by atoms with E-state index in [1.165, 1.54) is 24.8 Å². The molecule has 1 unspecified atom stereocenters. The van der Waals surface area contributed by atoms with Crippen LogP contribution in [0.25, 0.3) is 0 Å². The maximum atomic E-state index is 5.49. The normalized spacial score (nSPS) is 15.3. The molecule has 1 aliphatic rings. The molecule has 19 heavy (non-hydrogen) atoms. The lowest BCUT2D eigenvalue weighted by atomic mass is 10.0. The van der Waals surface area contributed by atoms with E-state index in [0.717, 1.165) is 18.7 Å². The molecule has 0 bridgehead atoms. The van der Waals surface area contributed by atoms with E-state index in [-0.39, 0.29) is 0 Å². The van der Waals surface area contributed by atoms with Crippen LogP contribution in [0.2, 0.25) is 0 Å². The van der Waals surface area contributed by atoms with Crippen molar-refractivity contribution in [2.24, 2.45) is 0 Å². The third-order valence-corrected chi connectivity index (χ3v) is 3.67. The van der Waals surface area contributed by atoms with Gasteiger partial charge in [-0.15, -0.1) is 0 Å². The zero-order valence-corrected chi connectivity index (χ0v) is 12.2. The van der Waals surface area contributed by atoms with Crippen molar-refractivity contribution in [2.45, 2.75) is 39.2 Å². The Kier molecular flexibility index (Phi) is 5.17. The van der Waals surface area contributed by atoms with Crippen molar-refractivity contribution >= 4 is 0 Å². The van der Waals surface area contributed by atoms with E-state index in [1.54, 1.807) is 11.1 Å². The van der Waals surface area contributed by atoms with E-state index in [4.69, 9.17) is 4.74 Å². The van der Waals surface area contributed by atoms with E-state index in [0.29, 0.717) is 12.6 Å². The molecule has 1 atom stereocenters. The minimum atomic E-state index is 0.388. The lowest BCUT2D eigenvalue weighted by molar-refractivity contribution is 0.156. The maximum absolute atomic E-state index is 5.49. The minimum Gasteiger partial charge on any atom is -0.376 e. The van der Waals surface area contributed by atoms with E-state index in [2.05, 4.69) is 37.0 Å². The van der Waals surface area contributed by atoms with Crippen LogP contribution in [0.3, 0.4) is 0 Å². The summed E-state index contributed by atoms with van der Waals surface area (Å²) < 4.78 is 5.49. The van der Waals surface area contributed by atoms with Gasteiger partial charge in [-0.25, -0.2) is 0 Å². The van der Waals surface area contributed by atoms with Crippen molar-refractivity contribution in [1.82, 2.24) is 5.32 Å². The van der Waals surface area contributed by atoms with Gasteiger partial charge in [0.2, 0.25) is 0 Å². The van der Waals surface area contributed by atoms with E-state index in [9.17, 15) is 0 Å². The molecule has 1 aromatic rings. The molecular formula is C17H25NO. The highest BCUT2D eigenvalue weighted by atomic mass is 16.5. The first-order valence-corrected chi connectivity index (χ1v) is 7.24. The second kappa shape index (κ2) is 6.88. The monoisotopic (exact) mass is 259 g/mol. The van der Waals surface area contributed by atoms with Crippen LogP contribution in [-0.2, 0) is 17.6 Å². The highest BCUT2D eigenvalue weighted by Crippen LogP contribution is 2.25. The summed E-state index contributed by atoms with van der Waals surface area (Å²) in [5, 5.41) is 3.51. The van der Waals surface area contributed by atoms with Gasteiger partial charge in [0.05, 0.1) is 13.2 Å². The van der Waals surface area contributed by atoms with Crippen LogP contribution >= 0.6 is 0 Å². The van der Waals surface area contributed by atoms with Gasteiger partial charge >= 0.3 is 0 Å². The van der Waals surface area contributed by atoms with Gasteiger partial charge in [-0.3, -0.25) is 0 Å². The van der Waals surface area contributed by atoms with Crippen molar-refractivity contribution in [3.63, 3.8) is 0 Å². The first kappa shape index (κ1) is 14.3. The molecule has 0 aliphatic heterocycles. The Hall–Kier alpha value is -1.12. The quantitative estimate of drug-likeness (QED) is 0.598. The summed E-state index contributed by atoms with van der Waals surface area (Å²) >= 11 is 0. The van der Waals surface area contributed by atoms with Crippen molar-refractivity contribution in [2.75, 3.05) is 19.8 Å². The molecule has 0 aromatic heterocycles. The standard InChI is InChI=1S/C17H25NO/c1-13(2)12-19-10-9-18-14(3)16-8-7-15-5-4-6-17(15)11-16/h7-8,11,14,18H,1,4-6,9-10,12H2,2-3H3. The number of nitrogens with one attached hydrogen (secondary N) is 1. The number of fused-ring (bicyclic) bond motifs is 1. The van der Waals surface area contributed by atoms with Gasteiger partial charge in [-0.05, 0) is 49.8 Å². The van der Waals surface area contributed by atoms with Crippen LogP contribution in [-0.4, -0.2) is 19.8 Å². The van der Waals surface area contributed by atoms with Crippen molar-refractivity contribution in [3.05, 3.63) is 47.0 Å². The molecule has 1 aliphatic carbocycles. The summed E-state index contributed by atoms with van der Waals surface area (Å²) in [7, 11) is 0. The number of rotatable bonds is 7. The van der Waals surface area contributed by atoms with E-state index >= 15 is 0 Å². The zero-order chi connectivity index (χ0) is 13.7. The highest BCUT2D eigenvalue weighted by molar-refractivity contribution is 5.36. The average Bonchev–Trinajstić information content (AvgIpc) is 2.84. The smallest absolute Gasteiger partial charge is 0.0672 e. The maximum Gasteiger partial charge on any atom is 0.0672 e. The van der Waals surface area contributed by atoms with Gasteiger partial charge in [0.1, 0.15) is 0 Å². The van der Waals surface area contributed by atoms with Crippen LogP contribution in [0.1, 0.15) is 43.0 Å². The predicted octanol–water partition coefficient (Wildman–Crippen LogP) is 3.42. The molecule has 0 saturated heterocycles. The third-order valence-electron chi connectivity index (χ3n) is 3.67. The van der Waals surface area contributed by atoms with E-state index in [1.807, 2.05) is 6.92 Å². The molecule has 1 N–H and O–H groups in total. The van der Waals surface area contributed by atoms with Crippen molar-refractivity contribution in [3.8, 4) is 0 Å². The molecule has 0 amide bonds. The third kappa shape index (κ3) is 4.19. The lowest BCUT2D eigenvalue weighted by Gasteiger charge is -2.15. The average molecular weight is 259 g/mol. The Bertz CT molecular complexity index is 439. The predicted molar refractivity (Wildman–Crippen MR) is 80.5 cm³/mol. The Morgan fingerprint density at radius 2 is 2.16 bits per heavy atom. The molecule has 2 nitrogen and oxygen atoms in total. The van der Waals surface area contributed by atoms with Crippen molar-refractivity contribution < 1.29 is 4.74 Å². The zero-order valence-electron chi connectivity index (χ0n) is 12.2. The summed E-state index contributed by atoms with van der Waals surface area (Å²) in [4.78, 5) is 0. The Balaban J connectivity index is 1.77. The SMILES string of the molecule is C=C(C)COCCNC(C)c1ccc2c(c1)CCC2. The van der Waals surface area contributed by atoms with Crippen LogP contribution in [0.15, 0.2) is 30.4 Å². The van der Waals surface area contributed by atoms with Crippen molar-refractivity contribution in [1.29, 1.82) is 0 Å². The molecule has 0 spiro atoms. The minimum absolute atomic E-state index is 0.388. The number of hydrogen-bond acceptors (Lipinski definition) is 2. The van der Waals surface area contributed by atoms with Gasteiger partial charge in [0.15, 0.2) is 0 Å². The largest absolute Gasteiger partial charge is 0.376 e. The summed E-state index contributed by atoms with van der Waals surface area (Å²) in [6.07, 6.45) is 3.82. The summed E-state index contributed by atoms with van der Waals surface area (Å²) in [5.41, 5.74) is 5.55. The fraction of sp³-hybridized carbons (Fsp3) is 0.529. The second-order valence-electron chi connectivity index (χ2n) is 5.57. The van der Waals surface area contributed by atoms with Gasteiger partial charge in [-0.1, -0.05) is 30.4 Å². The Morgan fingerprint density at radius 1 is 1.37 bits per heavy atom. The molecule has 1 aromatic carbocycles.